The van der Waals surface area contributed by atoms with Gasteiger partial charge in [0.25, 0.3) is 0 Å². The first kappa shape index (κ1) is 11.8. The van der Waals surface area contributed by atoms with Crippen LogP contribution in [0.4, 0.5) is 0 Å². The molecule has 0 saturated heterocycles. The second kappa shape index (κ2) is 5.08. The Kier molecular flexibility index (Phi) is 3.52. The predicted octanol–water partition coefficient (Wildman–Crippen LogP) is 2.41. The van der Waals surface area contributed by atoms with Crippen LogP contribution in [0.15, 0.2) is 23.4 Å². The van der Waals surface area contributed by atoms with Gasteiger partial charge in [0.1, 0.15) is 5.75 Å². The zero-order chi connectivity index (χ0) is 12.3. The van der Waals surface area contributed by atoms with Crippen LogP contribution >= 0.6 is 0 Å². The van der Waals surface area contributed by atoms with E-state index in [0.29, 0.717) is 11.7 Å². The molecule has 0 atom stereocenters. The van der Waals surface area contributed by atoms with E-state index in [-0.39, 0.29) is 5.84 Å². The first-order valence-corrected chi connectivity index (χ1v) is 5.96. The monoisotopic (exact) mass is 234 g/mol. The Morgan fingerprint density at radius 1 is 1.41 bits per heavy atom. The van der Waals surface area contributed by atoms with Gasteiger partial charge >= 0.3 is 0 Å². The molecule has 1 aliphatic carbocycles. The Morgan fingerprint density at radius 2 is 2.12 bits per heavy atom. The lowest BCUT2D eigenvalue weighted by atomic mass is 10.1. The number of benzene rings is 1. The standard InChI is InChI=1S/C13H18N2O2/c1-9-6-7-10(13(14)15-16)8-12(9)17-11-4-2-3-5-11/h6-8,11,16H,2-5H2,1H3,(H2,14,15). The van der Waals surface area contributed by atoms with Crippen LogP contribution in [0.3, 0.4) is 0 Å². The van der Waals surface area contributed by atoms with Crippen molar-refractivity contribution in [1.29, 1.82) is 0 Å². The normalized spacial score (nSPS) is 17.4. The molecule has 4 heteroatoms. The van der Waals surface area contributed by atoms with Crippen LogP contribution in [0.5, 0.6) is 5.75 Å². The van der Waals surface area contributed by atoms with E-state index in [1.165, 1.54) is 12.8 Å². The van der Waals surface area contributed by atoms with Gasteiger partial charge in [-0.3, -0.25) is 0 Å². The molecule has 0 heterocycles. The van der Waals surface area contributed by atoms with E-state index in [2.05, 4.69) is 5.16 Å². The van der Waals surface area contributed by atoms with Crippen molar-refractivity contribution in [3.8, 4) is 5.75 Å². The number of ether oxygens (including phenoxy) is 1. The summed E-state index contributed by atoms with van der Waals surface area (Å²) in [4.78, 5) is 0. The van der Waals surface area contributed by atoms with Crippen LogP contribution in [0.25, 0.3) is 0 Å². The molecule has 1 aliphatic rings. The van der Waals surface area contributed by atoms with Crippen molar-refractivity contribution < 1.29 is 9.94 Å². The summed E-state index contributed by atoms with van der Waals surface area (Å²) < 4.78 is 5.95. The Labute approximate surface area is 101 Å². The van der Waals surface area contributed by atoms with E-state index in [9.17, 15) is 0 Å². The molecule has 92 valence electrons. The van der Waals surface area contributed by atoms with Crippen LogP contribution in [0, 0.1) is 6.92 Å². The minimum absolute atomic E-state index is 0.112. The molecule has 0 aliphatic heterocycles. The summed E-state index contributed by atoms with van der Waals surface area (Å²) in [7, 11) is 0. The van der Waals surface area contributed by atoms with E-state index in [1.54, 1.807) is 0 Å². The molecule has 0 bridgehead atoms. The highest BCUT2D eigenvalue weighted by Gasteiger charge is 2.17. The lowest BCUT2D eigenvalue weighted by Gasteiger charge is -2.15. The first-order chi connectivity index (χ1) is 8.20. The quantitative estimate of drug-likeness (QED) is 0.365. The maximum absolute atomic E-state index is 8.65. The molecule has 0 aromatic heterocycles. The van der Waals surface area contributed by atoms with Crippen molar-refractivity contribution >= 4 is 5.84 Å². The Morgan fingerprint density at radius 3 is 2.76 bits per heavy atom. The van der Waals surface area contributed by atoms with Crippen LogP contribution in [-0.2, 0) is 0 Å². The highest BCUT2D eigenvalue weighted by Crippen LogP contribution is 2.27. The Hall–Kier alpha value is -1.71. The summed E-state index contributed by atoms with van der Waals surface area (Å²) in [5, 5.41) is 11.7. The zero-order valence-electron chi connectivity index (χ0n) is 10.0. The van der Waals surface area contributed by atoms with Gasteiger partial charge in [0.2, 0.25) is 0 Å². The summed E-state index contributed by atoms with van der Waals surface area (Å²) in [6, 6.07) is 5.59. The third-order valence-electron chi connectivity index (χ3n) is 3.19. The topological polar surface area (TPSA) is 67.8 Å². The molecule has 1 aromatic carbocycles. The number of oxime groups is 1. The smallest absolute Gasteiger partial charge is 0.170 e. The fourth-order valence-corrected chi connectivity index (χ4v) is 2.13. The fourth-order valence-electron chi connectivity index (χ4n) is 2.13. The molecule has 4 nitrogen and oxygen atoms in total. The van der Waals surface area contributed by atoms with Crippen LogP contribution in [-0.4, -0.2) is 17.1 Å². The number of amidine groups is 1. The molecule has 1 fully saturated rings. The second-order valence-electron chi connectivity index (χ2n) is 4.49. The predicted molar refractivity (Wildman–Crippen MR) is 66.6 cm³/mol. The average Bonchev–Trinajstić information content (AvgIpc) is 2.84. The number of nitrogens with zero attached hydrogens (tertiary/aromatic N) is 1. The summed E-state index contributed by atoms with van der Waals surface area (Å²) in [6.45, 7) is 2.00. The zero-order valence-corrected chi connectivity index (χ0v) is 10.0. The van der Waals surface area contributed by atoms with E-state index in [4.69, 9.17) is 15.7 Å². The van der Waals surface area contributed by atoms with Crippen molar-refractivity contribution in [2.75, 3.05) is 0 Å². The summed E-state index contributed by atoms with van der Waals surface area (Å²) >= 11 is 0. The summed E-state index contributed by atoms with van der Waals surface area (Å²) in [6.07, 6.45) is 5.03. The number of hydrogen-bond acceptors (Lipinski definition) is 3. The van der Waals surface area contributed by atoms with Gasteiger partial charge in [0.05, 0.1) is 6.10 Å². The number of aryl methyl sites for hydroxylation is 1. The maximum Gasteiger partial charge on any atom is 0.170 e. The Bertz CT molecular complexity index is 423. The lowest BCUT2D eigenvalue weighted by molar-refractivity contribution is 0.208. The van der Waals surface area contributed by atoms with E-state index < -0.39 is 0 Å². The second-order valence-corrected chi connectivity index (χ2v) is 4.49. The molecule has 1 saturated carbocycles. The first-order valence-electron chi connectivity index (χ1n) is 5.96. The lowest BCUT2D eigenvalue weighted by Crippen LogP contribution is -2.15. The highest BCUT2D eigenvalue weighted by atomic mass is 16.5. The third kappa shape index (κ3) is 2.70. The molecule has 0 unspecified atom stereocenters. The largest absolute Gasteiger partial charge is 0.490 e. The van der Waals surface area contributed by atoms with Gasteiger partial charge < -0.3 is 15.7 Å². The molecule has 0 spiro atoms. The van der Waals surface area contributed by atoms with Gasteiger partial charge in [0.15, 0.2) is 5.84 Å². The maximum atomic E-state index is 8.65. The fraction of sp³-hybridized carbons (Fsp3) is 0.462. The minimum Gasteiger partial charge on any atom is -0.490 e. The van der Waals surface area contributed by atoms with Gasteiger partial charge in [-0.15, -0.1) is 0 Å². The Balaban J connectivity index is 2.19. The SMILES string of the molecule is Cc1ccc(/C(N)=N/O)cc1OC1CCCC1. The number of nitrogens with two attached hydrogens (primary N) is 1. The highest BCUT2D eigenvalue weighted by molar-refractivity contribution is 5.97. The van der Waals surface area contributed by atoms with Gasteiger partial charge in [-0.25, -0.2) is 0 Å². The van der Waals surface area contributed by atoms with Crippen molar-refractivity contribution in [1.82, 2.24) is 0 Å². The van der Waals surface area contributed by atoms with Crippen molar-refractivity contribution in [3.63, 3.8) is 0 Å². The molecule has 1 aromatic rings. The minimum atomic E-state index is 0.112. The van der Waals surface area contributed by atoms with Crippen LogP contribution in [0.1, 0.15) is 36.8 Å². The van der Waals surface area contributed by atoms with E-state index in [1.807, 2.05) is 25.1 Å². The molecule has 0 amide bonds. The van der Waals surface area contributed by atoms with Gasteiger partial charge in [0, 0.05) is 5.56 Å². The van der Waals surface area contributed by atoms with Crippen molar-refractivity contribution in [2.45, 2.75) is 38.7 Å². The molecule has 3 N–H and O–H groups in total. The van der Waals surface area contributed by atoms with Crippen molar-refractivity contribution in [2.24, 2.45) is 10.9 Å². The number of rotatable bonds is 3. The third-order valence-corrected chi connectivity index (χ3v) is 3.19. The molecular weight excluding hydrogens is 216 g/mol. The molecule has 17 heavy (non-hydrogen) atoms. The number of hydrogen-bond donors (Lipinski definition) is 2. The summed E-state index contributed by atoms with van der Waals surface area (Å²) in [5.74, 6) is 0.947. The van der Waals surface area contributed by atoms with Crippen LogP contribution in [0.2, 0.25) is 0 Å². The van der Waals surface area contributed by atoms with Gasteiger partial charge in [-0.1, -0.05) is 17.3 Å². The van der Waals surface area contributed by atoms with Gasteiger partial charge in [-0.2, -0.15) is 0 Å². The van der Waals surface area contributed by atoms with Crippen LogP contribution < -0.4 is 10.5 Å². The summed E-state index contributed by atoms with van der Waals surface area (Å²) in [5.41, 5.74) is 7.33. The molecule has 0 radical (unpaired) electrons. The average molecular weight is 234 g/mol. The van der Waals surface area contributed by atoms with E-state index in [0.717, 1.165) is 24.2 Å². The molecular formula is C13H18N2O2. The van der Waals surface area contributed by atoms with E-state index >= 15 is 0 Å². The molecule has 2 rings (SSSR count). The van der Waals surface area contributed by atoms with Crippen molar-refractivity contribution in [3.05, 3.63) is 29.3 Å². The van der Waals surface area contributed by atoms with Gasteiger partial charge in [-0.05, 0) is 44.2 Å².